The summed E-state index contributed by atoms with van der Waals surface area (Å²) in [6, 6.07) is 0.879. The Balaban J connectivity index is 1.89. The van der Waals surface area contributed by atoms with Gasteiger partial charge in [0.1, 0.15) is 0 Å². The van der Waals surface area contributed by atoms with Crippen LogP contribution in [0.3, 0.4) is 0 Å². The van der Waals surface area contributed by atoms with Gasteiger partial charge in [-0.05, 0) is 13.5 Å². The van der Waals surface area contributed by atoms with Gasteiger partial charge in [0.05, 0.1) is 6.61 Å². The standard InChI is InChI=1S/C13H22N6O/c1-3-8-4-5-20-10-11(16-8)17-13(14)18-12(10)19-6-9(7-19)15-2/h8-9,15H,3-7H2,1-2H3,(H3,14,16,17,18). The monoisotopic (exact) mass is 278 g/mol. The fourth-order valence-corrected chi connectivity index (χ4v) is 2.61. The number of fused-ring (bicyclic) bond motifs is 1. The Kier molecular flexibility index (Phi) is 3.52. The smallest absolute Gasteiger partial charge is 0.224 e. The van der Waals surface area contributed by atoms with Crippen molar-refractivity contribution in [2.45, 2.75) is 31.8 Å². The van der Waals surface area contributed by atoms with Gasteiger partial charge in [0.2, 0.25) is 11.7 Å². The van der Waals surface area contributed by atoms with Gasteiger partial charge < -0.3 is 26.0 Å². The quantitative estimate of drug-likeness (QED) is 0.739. The Morgan fingerprint density at radius 1 is 1.45 bits per heavy atom. The van der Waals surface area contributed by atoms with Gasteiger partial charge in [0, 0.05) is 31.6 Å². The molecule has 20 heavy (non-hydrogen) atoms. The third kappa shape index (κ3) is 2.33. The fourth-order valence-electron chi connectivity index (χ4n) is 2.61. The number of aromatic nitrogens is 2. The minimum Gasteiger partial charge on any atom is -0.486 e. The second-order valence-corrected chi connectivity index (χ2v) is 5.36. The third-order valence-corrected chi connectivity index (χ3v) is 4.00. The SMILES string of the molecule is CCC1CCOc2c(nc(N)nc2N2CC(NC)C2)N1. The molecular formula is C13H22N6O. The molecule has 110 valence electrons. The lowest BCUT2D eigenvalue weighted by Crippen LogP contribution is -2.57. The van der Waals surface area contributed by atoms with Crippen LogP contribution < -0.4 is 26.0 Å². The number of nitrogens with two attached hydrogens (primary N) is 1. The molecule has 3 rings (SSSR count). The summed E-state index contributed by atoms with van der Waals surface area (Å²) in [7, 11) is 1.97. The summed E-state index contributed by atoms with van der Waals surface area (Å²) in [6.45, 7) is 4.67. The molecule has 7 heteroatoms. The van der Waals surface area contributed by atoms with Crippen LogP contribution in [0, 0.1) is 0 Å². The largest absolute Gasteiger partial charge is 0.486 e. The van der Waals surface area contributed by atoms with Crippen LogP contribution in [0.2, 0.25) is 0 Å². The third-order valence-electron chi connectivity index (χ3n) is 4.00. The maximum atomic E-state index is 5.89. The van der Waals surface area contributed by atoms with Crippen molar-refractivity contribution >= 4 is 17.6 Å². The van der Waals surface area contributed by atoms with Crippen LogP contribution in [0.4, 0.5) is 17.6 Å². The molecular weight excluding hydrogens is 256 g/mol. The van der Waals surface area contributed by atoms with Gasteiger partial charge in [0.25, 0.3) is 0 Å². The van der Waals surface area contributed by atoms with Crippen molar-refractivity contribution in [3.63, 3.8) is 0 Å². The summed E-state index contributed by atoms with van der Waals surface area (Å²) in [5.74, 6) is 2.57. The van der Waals surface area contributed by atoms with Crippen LogP contribution in [0.15, 0.2) is 0 Å². The van der Waals surface area contributed by atoms with Crippen molar-refractivity contribution in [2.24, 2.45) is 0 Å². The van der Waals surface area contributed by atoms with Crippen molar-refractivity contribution in [3.05, 3.63) is 0 Å². The van der Waals surface area contributed by atoms with E-state index in [1.54, 1.807) is 0 Å². The van der Waals surface area contributed by atoms with Crippen molar-refractivity contribution in [1.82, 2.24) is 15.3 Å². The van der Waals surface area contributed by atoms with E-state index in [0.29, 0.717) is 24.6 Å². The van der Waals surface area contributed by atoms with Gasteiger partial charge >= 0.3 is 0 Å². The predicted octanol–water partition coefficient (Wildman–Crippen LogP) is 0.440. The number of nitrogens with one attached hydrogen (secondary N) is 2. The van der Waals surface area contributed by atoms with Gasteiger partial charge in [-0.3, -0.25) is 0 Å². The molecule has 0 radical (unpaired) electrons. The van der Waals surface area contributed by atoms with Gasteiger partial charge in [-0.1, -0.05) is 6.92 Å². The first-order valence-electron chi connectivity index (χ1n) is 7.20. The molecule has 1 unspecified atom stereocenters. The highest BCUT2D eigenvalue weighted by atomic mass is 16.5. The minimum absolute atomic E-state index is 0.291. The molecule has 1 fully saturated rings. The van der Waals surface area contributed by atoms with Crippen molar-refractivity contribution < 1.29 is 4.74 Å². The summed E-state index contributed by atoms with van der Waals surface area (Å²) >= 11 is 0. The second kappa shape index (κ2) is 5.32. The molecule has 0 aliphatic carbocycles. The summed E-state index contributed by atoms with van der Waals surface area (Å²) in [6.07, 6.45) is 2.00. The number of nitrogens with zero attached hydrogens (tertiary/aromatic N) is 3. The first kappa shape index (κ1) is 13.2. The van der Waals surface area contributed by atoms with Gasteiger partial charge in [-0.2, -0.15) is 9.97 Å². The number of likely N-dealkylation sites (N-methyl/N-ethyl adjacent to an activating group) is 1. The number of hydrogen-bond donors (Lipinski definition) is 3. The topological polar surface area (TPSA) is 88.3 Å². The highest BCUT2D eigenvalue weighted by molar-refractivity contribution is 5.68. The molecule has 2 aliphatic heterocycles. The van der Waals surface area contributed by atoms with Crippen LogP contribution >= 0.6 is 0 Å². The average molecular weight is 278 g/mol. The summed E-state index contributed by atoms with van der Waals surface area (Å²) in [5, 5.41) is 6.67. The van der Waals surface area contributed by atoms with E-state index in [4.69, 9.17) is 10.5 Å². The molecule has 0 aromatic carbocycles. The van der Waals surface area contributed by atoms with E-state index in [-0.39, 0.29) is 0 Å². The Morgan fingerprint density at radius 2 is 2.25 bits per heavy atom. The number of nitrogen functional groups attached to an aromatic ring is 1. The average Bonchev–Trinajstić information content (AvgIpc) is 2.59. The van der Waals surface area contributed by atoms with Crippen molar-refractivity contribution in [2.75, 3.05) is 42.7 Å². The first-order valence-corrected chi connectivity index (χ1v) is 7.20. The molecule has 1 aromatic heterocycles. The van der Waals surface area contributed by atoms with E-state index in [9.17, 15) is 0 Å². The van der Waals surface area contributed by atoms with Gasteiger partial charge in [-0.25, -0.2) is 0 Å². The molecule has 0 amide bonds. The zero-order valence-corrected chi connectivity index (χ0v) is 12.0. The molecule has 0 bridgehead atoms. The van der Waals surface area contributed by atoms with Gasteiger partial charge in [-0.15, -0.1) is 0 Å². The lowest BCUT2D eigenvalue weighted by atomic mass is 10.1. The van der Waals surface area contributed by atoms with Gasteiger partial charge in [0.15, 0.2) is 11.6 Å². The fraction of sp³-hybridized carbons (Fsp3) is 0.692. The zero-order chi connectivity index (χ0) is 14.1. The maximum absolute atomic E-state index is 5.89. The second-order valence-electron chi connectivity index (χ2n) is 5.36. The highest BCUT2D eigenvalue weighted by Crippen LogP contribution is 2.38. The van der Waals surface area contributed by atoms with E-state index in [1.165, 1.54) is 0 Å². The van der Waals surface area contributed by atoms with E-state index < -0.39 is 0 Å². The zero-order valence-electron chi connectivity index (χ0n) is 12.0. The van der Waals surface area contributed by atoms with Crippen molar-refractivity contribution in [3.8, 4) is 5.75 Å². The molecule has 1 atom stereocenters. The summed E-state index contributed by atoms with van der Waals surface area (Å²) in [5.41, 5.74) is 5.84. The van der Waals surface area contributed by atoms with E-state index >= 15 is 0 Å². The van der Waals surface area contributed by atoms with Crippen LogP contribution in [0.5, 0.6) is 5.75 Å². The molecule has 0 spiro atoms. The lowest BCUT2D eigenvalue weighted by Gasteiger charge is -2.40. The molecule has 3 heterocycles. The van der Waals surface area contributed by atoms with E-state index in [1.807, 2.05) is 7.05 Å². The Morgan fingerprint density at radius 3 is 2.95 bits per heavy atom. The molecule has 0 saturated carbocycles. The number of rotatable bonds is 3. The van der Waals surface area contributed by atoms with E-state index in [2.05, 4.69) is 32.4 Å². The minimum atomic E-state index is 0.291. The lowest BCUT2D eigenvalue weighted by molar-refractivity contribution is 0.307. The van der Waals surface area contributed by atoms with Crippen LogP contribution in [0.1, 0.15) is 19.8 Å². The van der Waals surface area contributed by atoms with Crippen LogP contribution in [-0.4, -0.2) is 48.8 Å². The predicted molar refractivity (Wildman–Crippen MR) is 79.3 cm³/mol. The number of ether oxygens (including phenoxy) is 1. The summed E-state index contributed by atoms with van der Waals surface area (Å²) < 4.78 is 5.89. The molecule has 1 aromatic rings. The molecule has 4 N–H and O–H groups in total. The van der Waals surface area contributed by atoms with E-state index in [0.717, 1.165) is 43.3 Å². The van der Waals surface area contributed by atoms with Crippen LogP contribution in [0.25, 0.3) is 0 Å². The highest BCUT2D eigenvalue weighted by Gasteiger charge is 2.31. The van der Waals surface area contributed by atoms with Crippen molar-refractivity contribution in [1.29, 1.82) is 0 Å². The molecule has 1 saturated heterocycles. The number of anilines is 3. The van der Waals surface area contributed by atoms with Crippen LogP contribution in [-0.2, 0) is 0 Å². The Labute approximate surface area is 118 Å². The maximum Gasteiger partial charge on any atom is 0.224 e. The first-order chi connectivity index (χ1) is 9.71. The normalized spacial score (nSPS) is 22.3. The summed E-state index contributed by atoms with van der Waals surface area (Å²) in [4.78, 5) is 10.8. The Bertz CT molecular complexity index is 488. The Hall–Kier alpha value is -1.76. The molecule has 7 nitrogen and oxygen atoms in total. The number of hydrogen-bond acceptors (Lipinski definition) is 7. The molecule has 2 aliphatic rings.